The number of nitrogens with zero attached hydrogens (tertiary/aromatic N) is 11. The van der Waals surface area contributed by atoms with Gasteiger partial charge in [0, 0.05) is 106 Å². The number of rotatable bonds is 22. The number of aryl methyl sites for hydroxylation is 2. The van der Waals surface area contributed by atoms with E-state index < -0.39 is 5.97 Å². The number of ether oxygens (including phenoxy) is 2. The van der Waals surface area contributed by atoms with Gasteiger partial charge in [-0.3, -0.25) is 29.1 Å². The van der Waals surface area contributed by atoms with Gasteiger partial charge in [0.15, 0.2) is 5.78 Å². The van der Waals surface area contributed by atoms with E-state index in [9.17, 15) is 33.1 Å². The predicted octanol–water partition coefficient (Wildman–Crippen LogP) is 16.5. The molecule has 12 rings (SSSR count). The first kappa shape index (κ1) is 91.2. The number of piperidine rings is 2. The van der Waals surface area contributed by atoms with Crippen LogP contribution in [0.5, 0.6) is 11.5 Å². The first-order valence-electron chi connectivity index (χ1n) is 38.6. The molecule has 5 aromatic carbocycles. The van der Waals surface area contributed by atoms with Crippen molar-refractivity contribution in [3.05, 3.63) is 222 Å². The Kier molecular flexibility index (Phi) is 35.8. The summed E-state index contributed by atoms with van der Waals surface area (Å²) in [5.74, 6) is 0.568. The molecule has 112 heavy (non-hydrogen) atoms. The summed E-state index contributed by atoms with van der Waals surface area (Å²) in [4.78, 5) is 72.9. The first-order chi connectivity index (χ1) is 53.0. The molecule has 606 valence electrons. The fourth-order valence-corrected chi connectivity index (χ4v) is 15.5. The molecule has 0 bridgehead atoms. The van der Waals surface area contributed by atoms with Crippen molar-refractivity contribution in [1.29, 1.82) is 0 Å². The minimum absolute atomic E-state index is 0. The zero-order chi connectivity index (χ0) is 81.3. The maximum absolute atomic E-state index is 13.7. The van der Waals surface area contributed by atoms with E-state index in [0.29, 0.717) is 69.6 Å². The van der Waals surface area contributed by atoms with Crippen LogP contribution < -0.4 is 26.3 Å². The number of carboxylic acids is 1. The van der Waals surface area contributed by atoms with Gasteiger partial charge in [0.1, 0.15) is 34.2 Å². The Hall–Kier alpha value is -9.65. The van der Waals surface area contributed by atoms with Crippen LogP contribution in [-0.2, 0) is 13.0 Å². The Bertz CT molecular complexity index is 4820. The molecular formula is C87H119ClF2N14O8. The summed E-state index contributed by atoms with van der Waals surface area (Å²) < 4.78 is 41.9. The van der Waals surface area contributed by atoms with Crippen LogP contribution in [0.15, 0.2) is 153 Å². The molecule has 6 unspecified atom stereocenters. The number of pyridine rings is 2. The second-order valence-corrected chi connectivity index (χ2v) is 29.5. The highest BCUT2D eigenvalue weighted by molar-refractivity contribution is 6.09. The summed E-state index contributed by atoms with van der Waals surface area (Å²) >= 11 is 0. The Morgan fingerprint density at radius 1 is 0.661 bits per heavy atom. The Labute approximate surface area is 665 Å². The van der Waals surface area contributed by atoms with E-state index in [1.54, 1.807) is 38.3 Å². The van der Waals surface area contributed by atoms with E-state index in [-0.39, 0.29) is 78.1 Å². The minimum Gasteiger partial charge on any atom is -0.496 e. The van der Waals surface area contributed by atoms with E-state index in [0.717, 1.165) is 137 Å². The maximum Gasteiger partial charge on any atom is 0.338 e. The second-order valence-electron chi connectivity index (χ2n) is 29.5. The number of carbonyl (C=O) groups is 2. The number of aromatic carboxylic acids is 1. The number of hydrogen-bond donors (Lipinski definition) is 5. The predicted molar refractivity (Wildman–Crippen MR) is 449 cm³/mol. The van der Waals surface area contributed by atoms with E-state index >= 15 is 0 Å². The number of carboxylic acid groups (broad SMARTS) is 1. The van der Waals surface area contributed by atoms with Crippen LogP contribution in [0.25, 0.3) is 32.8 Å². The summed E-state index contributed by atoms with van der Waals surface area (Å²) in [7, 11) is 11.4. The number of ketones is 1. The van der Waals surface area contributed by atoms with E-state index in [1.807, 2.05) is 107 Å². The van der Waals surface area contributed by atoms with Crippen LogP contribution in [-0.4, -0.2) is 176 Å². The highest BCUT2D eigenvalue weighted by Crippen LogP contribution is 2.43. The third-order valence-corrected chi connectivity index (χ3v) is 21.2. The zero-order valence-electron chi connectivity index (χ0n) is 68.7. The molecule has 0 spiro atoms. The van der Waals surface area contributed by atoms with Crippen LogP contribution in [0.3, 0.4) is 0 Å². The molecule has 0 amide bonds. The number of nitrogens with one attached hydrogen (secondary N) is 2. The van der Waals surface area contributed by atoms with E-state index in [4.69, 9.17) is 20.4 Å². The Morgan fingerprint density at radius 3 is 1.54 bits per heavy atom. The van der Waals surface area contributed by atoms with Crippen molar-refractivity contribution in [3.8, 4) is 11.5 Å². The van der Waals surface area contributed by atoms with Crippen LogP contribution in [0.1, 0.15) is 184 Å². The summed E-state index contributed by atoms with van der Waals surface area (Å²) in [5.41, 5.74) is 16.0. The molecule has 6 atom stereocenters. The van der Waals surface area contributed by atoms with Gasteiger partial charge in [-0.25, -0.2) is 23.6 Å². The largest absolute Gasteiger partial charge is 0.496 e. The molecule has 25 heteroatoms. The number of para-hydroxylation sites is 3. The fraction of sp³-hybridized carbons (Fsp3) is 0.460. The molecule has 7 heterocycles. The number of benzene rings is 5. The molecular weight excluding hydrogens is 1440 g/mol. The smallest absolute Gasteiger partial charge is 0.338 e. The number of aromatic amines is 2. The van der Waals surface area contributed by atoms with Gasteiger partial charge in [-0.15, -0.1) is 17.5 Å². The molecule has 2 aliphatic heterocycles. The van der Waals surface area contributed by atoms with Crippen molar-refractivity contribution in [2.24, 2.45) is 27.6 Å². The van der Waals surface area contributed by atoms with Gasteiger partial charge < -0.3 is 49.5 Å². The van der Waals surface area contributed by atoms with Crippen molar-refractivity contribution in [2.45, 2.75) is 171 Å². The summed E-state index contributed by atoms with van der Waals surface area (Å²) in [6.07, 6.45) is 5.60. The lowest BCUT2D eigenvalue weighted by molar-refractivity contribution is 0.0696. The minimum atomic E-state index is -0.878. The normalized spacial score (nSPS) is 16.1. The lowest BCUT2D eigenvalue weighted by Crippen LogP contribution is -2.36. The van der Waals surface area contributed by atoms with Crippen molar-refractivity contribution >= 4 is 63.0 Å². The first-order valence-corrected chi connectivity index (χ1v) is 38.6. The lowest BCUT2D eigenvalue weighted by Gasteiger charge is -2.40. The van der Waals surface area contributed by atoms with Crippen LogP contribution in [0, 0.1) is 51.2 Å². The van der Waals surface area contributed by atoms with Crippen molar-refractivity contribution in [3.63, 3.8) is 0 Å². The summed E-state index contributed by atoms with van der Waals surface area (Å²) in [6, 6.07) is 45.1. The number of methoxy groups -OCH3 is 2. The quantitative estimate of drug-likeness (QED) is 0.0183. The second kappa shape index (κ2) is 44.0. The monoisotopic (exact) mass is 1560 g/mol. The van der Waals surface area contributed by atoms with Gasteiger partial charge in [0.25, 0.3) is 11.1 Å². The van der Waals surface area contributed by atoms with Crippen molar-refractivity contribution in [1.82, 2.24) is 53.9 Å². The Balaban J connectivity index is 0.000000234. The molecule has 6 N–H and O–H groups in total. The third-order valence-electron chi connectivity index (χ3n) is 21.2. The number of likely N-dealkylation sites (tertiary alicyclic amines) is 2. The molecule has 0 saturated carbocycles. The van der Waals surface area contributed by atoms with E-state index in [2.05, 4.69) is 148 Å². The topological polar surface area (TPSA) is 263 Å². The highest BCUT2D eigenvalue weighted by Gasteiger charge is 2.35. The molecule has 0 radical (unpaired) electrons. The number of carbonyl (C=O) groups excluding carboxylic acids is 1. The van der Waals surface area contributed by atoms with Crippen LogP contribution >= 0.6 is 12.4 Å². The molecule has 22 nitrogen and oxygen atoms in total. The fourth-order valence-electron chi connectivity index (χ4n) is 15.5. The number of halogens is 3. The SMILES string of the molecule is CCN(C(C)C)C(C)C.CCN=C=NCCCN(C)C.COc1cc(C)[nH]c(=O)c1CCC(=O)c1c(C)n(C(C)C2CCN(C)C(c3ccc(F)cc3)C2)c2ccccc12.COc1cc(C)[nH]c(=O)c1CN.Cc1c(C(=O)O)c2ccccc2n1C(C)C1CCN(C)C(c2ccc(F)cc2)C1.Cl.On1nnc2ccccc21. The lowest BCUT2D eigenvalue weighted by atomic mass is 9.83. The number of nitrogens with two attached hydrogens (primary N) is 1. The van der Waals surface area contributed by atoms with E-state index in [1.165, 1.54) is 31.4 Å². The maximum atomic E-state index is 13.7. The number of hydrogen-bond acceptors (Lipinski definition) is 16. The molecule has 2 fully saturated rings. The molecule has 0 aliphatic carbocycles. The number of aromatic nitrogens is 7. The molecule has 5 aromatic heterocycles. The Morgan fingerprint density at radius 2 is 1.11 bits per heavy atom. The number of Topliss-reactive ketones (excluding diaryl/α,β-unsaturated/α-hetero) is 1. The van der Waals surface area contributed by atoms with Crippen molar-refractivity contribution < 1.29 is 38.2 Å². The zero-order valence-corrected chi connectivity index (χ0v) is 69.5. The molecule has 2 saturated heterocycles. The molecule has 10 aromatic rings. The standard InChI is InChI=1S/C33H38FN3O3.C24H27FN2O2.C8H17N3.C8H12N2O2.C8H19N.C6H5N3O.ClH/c1-20-18-31(40-5)27(33(39)35-20)14-15-30(38)32-22(3)37(28-9-7-6-8-26(28)32)21(2)24-16-17-36(4)29(19-24)23-10-12-25(34)13-11-23;1-15(27-16(2)23(24(28)29)20-6-4-5-7-21(20)27)18-12-13-26(3)22(14-18)17-8-10-19(25)11-9-17;1-4-9-8-10-6-5-7-11(2)3;1-5-3-7(12-2)6(4-9)8(11)10-5;1-6-9(7(2)3)8(4)5;10-9-6-4-2-1-3-5(6)7-8-9;/h6-13,18,21,24,29H,14-17,19H2,1-5H3,(H,35,39);4-11,15,18,22H,12-14H2,1-3H3,(H,28,29);4-7H2,1-3H3;3H,4,9H2,1-2H3,(H,10,11);7-8H,6H2,1-5H3;1-4,10H;1H. The van der Waals surface area contributed by atoms with Gasteiger partial charge in [-0.2, -0.15) is 0 Å². The summed E-state index contributed by atoms with van der Waals surface area (Å²) in [6.45, 7) is 31.1. The number of fused-ring (bicyclic) bond motifs is 3. The van der Waals surface area contributed by atoms with Gasteiger partial charge in [-0.05, 0) is 258 Å². The highest BCUT2D eigenvalue weighted by atomic mass is 35.5. The van der Waals surface area contributed by atoms with Gasteiger partial charge in [0.2, 0.25) is 0 Å². The third kappa shape index (κ3) is 24.0. The molecule has 2 aliphatic rings. The number of H-pyrrole nitrogens is 2. The summed E-state index contributed by atoms with van der Waals surface area (Å²) in [5, 5.41) is 27.6. The number of aliphatic imine (C=N–C) groups is 2. The van der Waals surface area contributed by atoms with Crippen molar-refractivity contribution in [2.75, 3.05) is 81.7 Å². The van der Waals surface area contributed by atoms with Gasteiger partial charge in [-0.1, -0.05) is 84.6 Å². The average molecular weight is 1560 g/mol. The van der Waals surface area contributed by atoms with Gasteiger partial charge in [0.05, 0.1) is 43.5 Å². The van der Waals surface area contributed by atoms with Crippen LogP contribution in [0.2, 0.25) is 0 Å². The average Bonchev–Trinajstić information content (AvgIpc) is 1.61. The van der Waals surface area contributed by atoms with Gasteiger partial charge >= 0.3 is 5.97 Å². The van der Waals surface area contributed by atoms with Crippen LogP contribution in [0.4, 0.5) is 8.78 Å².